The lowest BCUT2D eigenvalue weighted by Crippen LogP contribution is -2.37. The van der Waals surface area contributed by atoms with E-state index in [1.54, 1.807) is 24.3 Å². The minimum Gasteiger partial charge on any atom is -0.508 e. The Bertz CT molecular complexity index is 608. The van der Waals surface area contributed by atoms with Crippen LogP contribution in [0.4, 0.5) is 5.69 Å². The molecule has 0 heterocycles. The van der Waals surface area contributed by atoms with Crippen LogP contribution in [0.5, 0.6) is 5.75 Å². The first-order chi connectivity index (χ1) is 10.1. The van der Waals surface area contributed by atoms with E-state index >= 15 is 0 Å². The summed E-state index contributed by atoms with van der Waals surface area (Å²) in [5.41, 5.74) is 8.78. The highest BCUT2D eigenvalue weighted by Crippen LogP contribution is 2.13. The van der Waals surface area contributed by atoms with Gasteiger partial charge in [0.15, 0.2) is 0 Å². The van der Waals surface area contributed by atoms with Gasteiger partial charge in [-0.25, -0.2) is 0 Å². The summed E-state index contributed by atoms with van der Waals surface area (Å²) in [6, 6.07) is 13.8. The Morgan fingerprint density at radius 2 is 1.90 bits per heavy atom. The van der Waals surface area contributed by atoms with Crippen LogP contribution in [0.15, 0.2) is 48.5 Å². The third-order valence-electron chi connectivity index (χ3n) is 3.33. The van der Waals surface area contributed by atoms with Crippen molar-refractivity contribution in [3.8, 4) is 5.75 Å². The van der Waals surface area contributed by atoms with Crippen molar-refractivity contribution in [2.24, 2.45) is 5.73 Å². The van der Waals surface area contributed by atoms with Crippen molar-refractivity contribution in [2.45, 2.75) is 25.8 Å². The number of carbonyl (C=O) groups is 1. The summed E-state index contributed by atoms with van der Waals surface area (Å²) < 4.78 is 0. The van der Waals surface area contributed by atoms with Gasteiger partial charge in [0.05, 0.1) is 6.04 Å². The van der Waals surface area contributed by atoms with E-state index in [0.717, 1.165) is 17.7 Å². The third-order valence-corrected chi connectivity index (χ3v) is 3.33. The molecular weight excluding hydrogens is 264 g/mol. The molecule has 0 saturated carbocycles. The van der Waals surface area contributed by atoms with Crippen LogP contribution in [0.3, 0.4) is 0 Å². The zero-order valence-electron chi connectivity index (χ0n) is 12.0. The van der Waals surface area contributed by atoms with Crippen LogP contribution in [-0.4, -0.2) is 17.1 Å². The monoisotopic (exact) mass is 284 g/mol. The molecule has 21 heavy (non-hydrogen) atoms. The van der Waals surface area contributed by atoms with Gasteiger partial charge in [-0.2, -0.15) is 0 Å². The molecule has 0 bridgehead atoms. The molecule has 1 atom stereocenters. The summed E-state index contributed by atoms with van der Waals surface area (Å²) >= 11 is 0. The maximum atomic E-state index is 12.1. The van der Waals surface area contributed by atoms with Crippen LogP contribution >= 0.6 is 0 Å². The van der Waals surface area contributed by atoms with Crippen LogP contribution in [0.1, 0.15) is 18.1 Å². The third kappa shape index (κ3) is 4.33. The van der Waals surface area contributed by atoms with Crippen molar-refractivity contribution in [3.05, 3.63) is 59.7 Å². The van der Waals surface area contributed by atoms with Gasteiger partial charge in [0, 0.05) is 5.69 Å². The van der Waals surface area contributed by atoms with Gasteiger partial charge >= 0.3 is 0 Å². The normalized spacial score (nSPS) is 11.9. The molecule has 0 aromatic heterocycles. The lowest BCUT2D eigenvalue weighted by molar-refractivity contribution is -0.117. The Kier molecular flexibility index (Phi) is 4.95. The van der Waals surface area contributed by atoms with Gasteiger partial charge in [-0.3, -0.25) is 4.79 Å². The highest BCUT2D eigenvalue weighted by atomic mass is 16.3. The van der Waals surface area contributed by atoms with Crippen molar-refractivity contribution < 1.29 is 9.90 Å². The maximum absolute atomic E-state index is 12.1. The largest absolute Gasteiger partial charge is 0.508 e. The topological polar surface area (TPSA) is 75.4 Å². The Labute approximate surface area is 124 Å². The number of nitrogens with two attached hydrogens (primary N) is 1. The summed E-state index contributed by atoms with van der Waals surface area (Å²) in [4.78, 5) is 12.1. The van der Waals surface area contributed by atoms with Crippen LogP contribution in [-0.2, 0) is 17.6 Å². The van der Waals surface area contributed by atoms with Crippen molar-refractivity contribution in [3.63, 3.8) is 0 Å². The number of hydrogen-bond acceptors (Lipinski definition) is 3. The number of phenolic OH excluding ortho intramolecular Hbond substituents is 1. The Morgan fingerprint density at radius 3 is 2.57 bits per heavy atom. The van der Waals surface area contributed by atoms with Gasteiger partial charge < -0.3 is 16.2 Å². The maximum Gasteiger partial charge on any atom is 0.241 e. The van der Waals surface area contributed by atoms with Crippen molar-refractivity contribution in [1.29, 1.82) is 0 Å². The Balaban J connectivity index is 1.97. The van der Waals surface area contributed by atoms with Gasteiger partial charge in [0.1, 0.15) is 5.75 Å². The standard InChI is InChI=1S/C17H20N2O2/c1-2-12-4-3-5-14(10-12)19-17(21)16(18)11-13-6-8-15(20)9-7-13/h3-10,16,20H,2,11,18H2,1H3,(H,19,21). The fraction of sp³-hybridized carbons (Fsp3) is 0.235. The molecule has 1 unspecified atom stereocenters. The SMILES string of the molecule is CCc1cccc(NC(=O)C(N)Cc2ccc(O)cc2)c1. The van der Waals surface area contributed by atoms with E-state index in [2.05, 4.69) is 12.2 Å². The molecule has 0 aliphatic carbocycles. The number of hydrogen-bond donors (Lipinski definition) is 3. The van der Waals surface area contributed by atoms with Crippen LogP contribution in [0, 0.1) is 0 Å². The Morgan fingerprint density at radius 1 is 1.19 bits per heavy atom. The van der Waals surface area contributed by atoms with E-state index in [4.69, 9.17) is 5.73 Å². The molecule has 0 aliphatic heterocycles. The lowest BCUT2D eigenvalue weighted by Gasteiger charge is -2.13. The van der Waals surface area contributed by atoms with Crippen molar-refractivity contribution in [1.82, 2.24) is 0 Å². The second-order valence-electron chi connectivity index (χ2n) is 5.02. The molecule has 0 fully saturated rings. The van der Waals surface area contributed by atoms with Crippen LogP contribution < -0.4 is 11.1 Å². The molecule has 2 aromatic carbocycles. The molecular formula is C17H20N2O2. The molecule has 0 radical (unpaired) electrons. The predicted molar refractivity (Wildman–Crippen MR) is 84.2 cm³/mol. The number of nitrogens with one attached hydrogen (secondary N) is 1. The summed E-state index contributed by atoms with van der Waals surface area (Å²) in [5, 5.41) is 12.1. The quantitative estimate of drug-likeness (QED) is 0.789. The lowest BCUT2D eigenvalue weighted by atomic mass is 10.1. The molecule has 2 aromatic rings. The Hall–Kier alpha value is -2.33. The summed E-state index contributed by atoms with van der Waals surface area (Å²) in [6.45, 7) is 2.07. The number of carbonyl (C=O) groups excluding carboxylic acids is 1. The summed E-state index contributed by atoms with van der Waals surface area (Å²) in [6.07, 6.45) is 1.35. The average molecular weight is 284 g/mol. The number of anilines is 1. The predicted octanol–water partition coefficient (Wildman–Crippen LogP) is 2.46. The van der Waals surface area contributed by atoms with Crippen LogP contribution in [0.2, 0.25) is 0 Å². The second-order valence-corrected chi connectivity index (χ2v) is 5.02. The molecule has 4 heteroatoms. The van der Waals surface area contributed by atoms with Gasteiger partial charge in [0.2, 0.25) is 5.91 Å². The molecule has 0 spiro atoms. The first kappa shape index (κ1) is 15.1. The summed E-state index contributed by atoms with van der Waals surface area (Å²) in [5.74, 6) is -0.00974. The summed E-state index contributed by atoms with van der Waals surface area (Å²) in [7, 11) is 0. The van der Waals surface area contributed by atoms with Gasteiger partial charge in [-0.1, -0.05) is 31.2 Å². The van der Waals surface area contributed by atoms with Gasteiger partial charge in [-0.15, -0.1) is 0 Å². The molecule has 0 saturated heterocycles. The van der Waals surface area contributed by atoms with E-state index in [-0.39, 0.29) is 11.7 Å². The van der Waals surface area contributed by atoms with Gasteiger partial charge in [0.25, 0.3) is 0 Å². The van der Waals surface area contributed by atoms with Crippen molar-refractivity contribution in [2.75, 3.05) is 5.32 Å². The molecule has 2 rings (SSSR count). The highest BCUT2D eigenvalue weighted by Gasteiger charge is 2.14. The molecule has 0 aliphatic rings. The number of aryl methyl sites for hydroxylation is 1. The smallest absolute Gasteiger partial charge is 0.241 e. The first-order valence-electron chi connectivity index (χ1n) is 7.01. The molecule has 110 valence electrons. The van der Waals surface area contributed by atoms with E-state index in [0.29, 0.717) is 6.42 Å². The number of rotatable bonds is 5. The zero-order chi connectivity index (χ0) is 15.2. The second kappa shape index (κ2) is 6.90. The molecule has 1 amide bonds. The fourth-order valence-corrected chi connectivity index (χ4v) is 2.08. The van der Waals surface area contributed by atoms with E-state index < -0.39 is 6.04 Å². The number of amides is 1. The van der Waals surface area contributed by atoms with Crippen LogP contribution in [0.25, 0.3) is 0 Å². The first-order valence-corrected chi connectivity index (χ1v) is 7.01. The van der Waals surface area contributed by atoms with E-state index in [9.17, 15) is 9.90 Å². The van der Waals surface area contributed by atoms with E-state index in [1.165, 1.54) is 5.56 Å². The fourth-order valence-electron chi connectivity index (χ4n) is 2.08. The minimum absolute atomic E-state index is 0.202. The van der Waals surface area contributed by atoms with E-state index in [1.807, 2.05) is 24.3 Å². The van der Waals surface area contributed by atoms with Gasteiger partial charge in [-0.05, 0) is 48.2 Å². The number of aromatic hydroxyl groups is 1. The molecule has 4 nitrogen and oxygen atoms in total. The van der Waals surface area contributed by atoms with Crippen molar-refractivity contribution >= 4 is 11.6 Å². The number of phenols is 1. The highest BCUT2D eigenvalue weighted by molar-refractivity contribution is 5.94. The average Bonchev–Trinajstić information content (AvgIpc) is 2.49. The minimum atomic E-state index is -0.625. The number of benzene rings is 2. The zero-order valence-corrected chi connectivity index (χ0v) is 12.0. The molecule has 4 N–H and O–H groups in total.